The van der Waals surface area contributed by atoms with Crippen LogP contribution in [0.3, 0.4) is 0 Å². The number of para-hydroxylation sites is 2. The molecule has 1 N–H and O–H groups in total. The lowest BCUT2D eigenvalue weighted by molar-refractivity contribution is 0.102. The normalized spacial score (nSPS) is 10.4. The number of amides is 1. The molecule has 0 atom stereocenters. The number of carbonyl (C=O) groups is 1. The average Bonchev–Trinajstić information content (AvgIpc) is 2.49. The molecular weight excluding hydrogens is 363 g/mol. The zero-order chi connectivity index (χ0) is 13.9. The van der Waals surface area contributed by atoms with Gasteiger partial charge in [0.05, 0.1) is 11.2 Å². The fourth-order valence-electron chi connectivity index (χ4n) is 1.94. The summed E-state index contributed by atoms with van der Waals surface area (Å²) in [7, 11) is 0. The predicted molar refractivity (Wildman–Crippen MR) is 88.9 cm³/mol. The van der Waals surface area contributed by atoms with Gasteiger partial charge in [0.2, 0.25) is 0 Å². The lowest BCUT2D eigenvalue weighted by Crippen LogP contribution is -2.14. The Morgan fingerprint density at radius 3 is 2.55 bits per heavy atom. The van der Waals surface area contributed by atoms with Crippen LogP contribution in [0.1, 0.15) is 10.5 Å². The Hall–Kier alpha value is -1.95. The van der Waals surface area contributed by atoms with Gasteiger partial charge in [0.25, 0.3) is 5.91 Å². The highest BCUT2D eigenvalue weighted by atomic mass is 127. The first kappa shape index (κ1) is 13.1. The van der Waals surface area contributed by atoms with Crippen molar-refractivity contribution in [1.82, 2.24) is 4.98 Å². The van der Waals surface area contributed by atoms with Crippen molar-refractivity contribution >= 4 is 45.1 Å². The van der Waals surface area contributed by atoms with Crippen LogP contribution in [0.2, 0.25) is 0 Å². The Morgan fingerprint density at radius 1 is 0.950 bits per heavy atom. The topological polar surface area (TPSA) is 42.0 Å². The van der Waals surface area contributed by atoms with Crippen LogP contribution in [0.4, 0.5) is 5.69 Å². The van der Waals surface area contributed by atoms with E-state index < -0.39 is 0 Å². The number of halogens is 1. The second kappa shape index (κ2) is 5.58. The Morgan fingerprint density at radius 2 is 1.70 bits per heavy atom. The molecule has 0 saturated heterocycles. The van der Waals surface area contributed by atoms with Gasteiger partial charge in [-0.3, -0.25) is 4.79 Å². The van der Waals surface area contributed by atoms with Crippen molar-refractivity contribution in [2.75, 3.05) is 5.32 Å². The van der Waals surface area contributed by atoms with Crippen LogP contribution in [0, 0.1) is 3.57 Å². The van der Waals surface area contributed by atoms with Gasteiger partial charge in [0, 0.05) is 8.96 Å². The standard InChI is InChI=1S/C16H11IN2O/c17-12-6-2-4-8-14(12)19-16(20)15-10-9-11-5-1-3-7-13(11)18-15/h1-10H,(H,19,20). The minimum absolute atomic E-state index is 0.195. The molecule has 4 heteroatoms. The lowest BCUT2D eigenvalue weighted by Gasteiger charge is -2.07. The van der Waals surface area contributed by atoms with Crippen molar-refractivity contribution in [3.63, 3.8) is 0 Å². The van der Waals surface area contributed by atoms with Gasteiger partial charge in [-0.05, 0) is 46.9 Å². The SMILES string of the molecule is O=C(Nc1ccccc1I)c1ccc2ccccc2n1. The van der Waals surface area contributed by atoms with Crippen molar-refractivity contribution in [3.8, 4) is 0 Å². The number of hydrogen-bond acceptors (Lipinski definition) is 2. The van der Waals surface area contributed by atoms with Crippen molar-refractivity contribution in [2.45, 2.75) is 0 Å². The largest absolute Gasteiger partial charge is 0.320 e. The molecule has 0 bridgehead atoms. The number of rotatable bonds is 2. The molecule has 3 nitrogen and oxygen atoms in total. The Balaban J connectivity index is 1.91. The van der Waals surface area contributed by atoms with E-state index in [0.717, 1.165) is 20.2 Å². The third kappa shape index (κ3) is 2.65. The van der Waals surface area contributed by atoms with Crippen LogP contribution in [0.15, 0.2) is 60.7 Å². The van der Waals surface area contributed by atoms with Crippen LogP contribution in [-0.2, 0) is 0 Å². The maximum Gasteiger partial charge on any atom is 0.274 e. The van der Waals surface area contributed by atoms with Gasteiger partial charge in [-0.1, -0.05) is 36.4 Å². The van der Waals surface area contributed by atoms with E-state index >= 15 is 0 Å². The van der Waals surface area contributed by atoms with Gasteiger partial charge < -0.3 is 5.32 Å². The van der Waals surface area contributed by atoms with Crippen LogP contribution in [0.5, 0.6) is 0 Å². The summed E-state index contributed by atoms with van der Waals surface area (Å²) in [6, 6.07) is 19.1. The number of carbonyl (C=O) groups excluding carboxylic acids is 1. The number of hydrogen-bond donors (Lipinski definition) is 1. The van der Waals surface area contributed by atoms with Crippen LogP contribution in [0.25, 0.3) is 10.9 Å². The molecule has 1 heterocycles. The van der Waals surface area contributed by atoms with Crippen LogP contribution in [-0.4, -0.2) is 10.9 Å². The minimum atomic E-state index is -0.195. The highest BCUT2D eigenvalue weighted by Crippen LogP contribution is 2.18. The van der Waals surface area contributed by atoms with E-state index in [4.69, 9.17) is 0 Å². The maximum absolute atomic E-state index is 12.2. The molecule has 0 saturated carbocycles. The third-order valence-electron chi connectivity index (χ3n) is 2.95. The zero-order valence-electron chi connectivity index (χ0n) is 10.5. The first-order chi connectivity index (χ1) is 9.74. The lowest BCUT2D eigenvalue weighted by atomic mass is 10.2. The van der Waals surface area contributed by atoms with Crippen molar-refractivity contribution in [1.29, 1.82) is 0 Å². The van der Waals surface area contributed by atoms with Crippen molar-refractivity contribution in [3.05, 3.63) is 69.9 Å². The third-order valence-corrected chi connectivity index (χ3v) is 3.89. The molecule has 0 aliphatic rings. The summed E-state index contributed by atoms with van der Waals surface area (Å²) >= 11 is 2.19. The summed E-state index contributed by atoms with van der Waals surface area (Å²) in [6.07, 6.45) is 0. The Labute approximate surface area is 130 Å². The number of benzene rings is 2. The summed E-state index contributed by atoms with van der Waals surface area (Å²) in [5, 5.41) is 3.91. The summed E-state index contributed by atoms with van der Waals surface area (Å²) in [5.74, 6) is -0.195. The number of pyridine rings is 1. The molecule has 98 valence electrons. The molecule has 0 aliphatic heterocycles. The molecule has 0 spiro atoms. The molecule has 0 unspecified atom stereocenters. The van der Waals surface area contributed by atoms with Gasteiger partial charge in [-0.15, -0.1) is 0 Å². The smallest absolute Gasteiger partial charge is 0.274 e. The van der Waals surface area contributed by atoms with E-state index in [1.54, 1.807) is 6.07 Å². The predicted octanol–water partition coefficient (Wildman–Crippen LogP) is 4.09. The van der Waals surface area contributed by atoms with E-state index in [-0.39, 0.29) is 5.91 Å². The molecule has 3 aromatic rings. The molecule has 2 aromatic carbocycles. The van der Waals surface area contributed by atoms with Crippen LogP contribution >= 0.6 is 22.6 Å². The first-order valence-electron chi connectivity index (χ1n) is 6.16. The van der Waals surface area contributed by atoms with Gasteiger partial charge in [-0.25, -0.2) is 4.98 Å². The fraction of sp³-hybridized carbons (Fsp3) is 0. The highest BCUT2D eigenvalue weighted by Gasteiger charge is 2.09. The summed E-state index contributed by atoms with van der Waals surface area (Å²) < 4.78 is 0.999. The number of fused-ring (bicyclic) bond motifs is 1. The van der Waals surface area contributed by atoms with Crippen LogP contribution < -0.4 is 5.32 Å². The second-order valence-corrected chi connectivity index (χ2v) is 5.49. The molecule has 0 fully saturated rings. The monoisotopic (exact) mass is 374 g/mol. The Bertz CT molecular complexity index is 786. The number of nitrogens with one attached hydrogen (secondary N) is 1. The zero-order valence-corrected chi connectivity index (χ0v) is 12.7. The average molecular weight is 374 g/mol. The van der Waals surface area contributed by atoms with Gasteiger partial charge in [-0.2, -0.15) is 0 Å². The molecule has 20 heavy (non-hydrogen) atoms. The van der Waals surface area contributed by atoms with E-state index in [2.05, 4.69) is 32.9 Å². The van der Waals surface area contributed by atoms with Gasteiger partial charge in [0.1, 0.15) is 5.69 Å². The molecular formula is C16H11IN2O. The maximum atomic E-state index is 12.2. The van der Waals surface area contributed by atoms with Gasteiger partial charge >= 0.3 is 0 Å². The molecule has 1 aromatic heterocycles. The molecule has 1 amide bonds. The Kier molecular flexibility index (Phi) is 3.64. The highest BCUT2D eigenvalue weighted by molar-refractivity contribution is 14.1. The van der Waals surface area contributed by atoms with E-state index in [1.165, 1.54) is 0 Å². The van der Waals surface area contributed by atoms with Crippen molar-refractivity contribution in [2.24, 2.45) is 0 Å². The summed E-state index contributed by atoms with van der Waals surface area (Å²) in [6.45, 7) is 0. The van der Waals surface area contributed by atoms with E-state index in [9.17, 15) is 4.79 Å². The van der Waals surface area contributed by atoms with Crippen molar-refractivity contribution < 1.29 is 4.79 Å². The molecule has 3 rings (SSSR count). The fourth-order valence-corrected chi connectivity index (χ4v) is 2.46. The summed E-state index contributed by atoms with van der Waals surface area (Å²) in [5.41, 5.74) is 2.04. The minimum Gasteiger partial charge on any atom is -0.320 e. The number of nitrogens with zero attached hydrogens (tertiary/aromatic N) is 1. The second-order valence-electron chi connectivity index (χ2n) is 4.32. The molecule has 0 radical (unpaired) electrons. The van der Waals surface area contributed by atoms with E-state index in [1.807, 2.05) is 54.6 Å². The van der Waals surface area contributed by atoms with E-state index in [0.29, 0.717) is 5.69 Å². The number of anilines is 1. The first-order valence-corrected chi connectivity index (χ1v) is 7.23. The molecule has 0 aliphatic carbocycles. The summed E-state index contributed by atoms with van der Waals surface area (Å²) in [4.78, 5) is 16.6. The quantitative estimate of drug-likeness (QED) is 0.687. The number of aromatic nitrogens is 1. The van der Waals surface area contributed by atoms with Gasteiger partial charge in [0.15, 0.2) is 0 Å².